The summed E-state index contributed by atoms with van der Waals surface area (Å²) < 4.78 is 0. The highest BCUT2D eigenvalue weighted by Crippen LogP contribution is 2.42. The summed E-state index contributed by atoms with van der Waals surface area (Å²) in [7, 11) is 0. The van der Waals surface area contributed by atoms with Gasteiger partial charge in [-0.25, -0.2) is 0 Å². The third-order valence-electron chi connectivity index (χ3n) is 4.72. The Bertz CT molecular complexity index is 350. The number of hydrogen-bond donors (Lipinski definition) is 2. The zero-order valence-corrected chi connectivity index (χ0v) is 12.7. The molecule has 1 heterocycles. The molecule has 2 fully saturated rings. The Hall–Kier alpha value is -0.610. The van der Waals surface area contributed by atoms with Crippen molar-refractivity contribution in [3.63, 3.8) is 0 Å². The number of carbonyl (C=O) groups is 1. The molecule has 1 unspecified atom stereocenters. The number of aliphatic carboxylic acids is 1. The molecule has 2 rings (SSSR count). The molecule has 0 bridgehead atoms. The fourth-order valence-electron chi connectivity index (χ4n) is 3.45. The summed E-state index contributed by atoms with van der Waals surface area (Å²) in [6.07, 6.45) is 4.42. The van der Waals surface area contributed by atoms with Gasteiger partial charge in [-0.3, -0.25) is 15.0 Å². The summed E-state index contributed by atoms with van der Waals surface area (Å²) in [6, 6.07) is 0.197. The highest BCUT2D eigenvalue weighted by atomic mass is 16.4. The maximum absolute atomic E-state index is 11.9. The second kappa shape index (κ2) is 5.06. The van der Waals surface area contributed by atoms with Gasteiger partial charge in [0, 0.05) is 18.1 Å². The first-order valence-electron chi connectivity index (χ1n) is 7.54. The van der Waals surface area contributed by atoms with Crippen LogP contribution < -0.4 is 5.32 Å². The molecular weight excluding hydrogens is 240 g/mol. The fourth-order valence-corrected chi connectivity index (χ4v) is 3.45. The number of nitrogens with one attached hydrogen (secondary N) is 1. The molecule has 0 radical (unpaired) electrons. The predicted molar refractivity (Wildman–Crippen MR) is 76.2 cm³/mol. The van der Waals surface area contributed by atoms with Gasteiger partial charge in [-0.05, 0) is 65.8 Å². The second-order valence-corrected chi connectivity index (χ2v) is 7.19. The zero-order valence-electron chi connectivity index (χ0n) is 12.7. The summed E-state index contributed by atoms with van der Waals surface area (Å²) in [5.41, 5.74) is -0.621. The van der Waals surface area contributed by atoms with Crippen LogP contribution in [0.1, 0.15) is 53.4 Å². The van der Waals surface area contributed by atoms with Crippen molar-refractivity contribution in [2.45, 2.75) is 70.5 Å². The van der Waals surface area contributed by atoms with E-state index in [1.54, 1.807) is 0 Å². The Balaban J connectivity index is 2.19. The maximum atomic E-state index is 11.9. The SMILES string of the molecule is CC(C)NC(CN1CCCC1(C)C)(C(=O)O)C1CC1. The van der Waals surface area contributed by atoms with Gasteiger partial charge in [-0.15, -0.1) is 0 Å². The largest absolute Gasteiger partial charge is 0.480 e. The molecule has 1 aliphatic heterocycles. The maximum Gasteiger partial charge on any atom is 0.325 e. The standard InChI is InChI=1S/C15H28N2O2/c1-11(2)16-15(13(18)19,12-6-7-12)10-17-9-5-8-14(17,3)4/h11-12,16H,5-10H2,1-4H3,(H,18,19). The van der Waals surface area contributed by atoms with Gasteiger partial charge < -0.3 is 5.11 Å². The van der Waals surface area contributed by atoms with Gasteiger partial charge in [0.2, 0.25) is 0 Å². The number of carboxylic acid groups (broad SMARTS) is 1. The minimum atomic E-state index is -0.754. The lowest BCUT2D eigenvalue weighted by Gasteiger charge is -2.41. The van der Waals surface area contributed by atoms with Crippen molar-refractivity contribution in [1.29, 1.82) is 0 Å². The summed E-state index contributed by atoms with van der Waals surface area (Å²) in [5, 5.41) is 13.2. The van der Waals surface area contributed by atoms with E-state index in [1.165, 1.54) is 6.42 Å². The molecular formula is C15H28N2O2. The molecule has 1 saturated heterocycles. The lowest BCUT2D eigenvalue weighted by molar-refractivity contribution is -0.148. The first-order chi connectivity index (χ1) is 8.78. The lowest BCUT2D eigenvalue weighted by Crippen LogP contribution is -2.64. The van der Waals surface area contributed by atoms with E-state index < -0.39 is 11.5 Å². The number of nitrogens with zero attached hydrogens (tertiary/aromatic N) is 1. The topological polar surface area (TPSA) is 52.6 Å². The summed E-state index contributed by atoms with van der Waals surface area (Å²) in [5.74, 6) is -0.379. The van der Waals surface area contributed by atoms with Crippen molar-refractivity contribution in [1.82, 2.24) is 10.2 Å². The van der Waals surface area contributed by atoms with Crippen molar-refractivity contribution >= 4 is 5.97 Å². The Labute approximate surface area is 116 Å². The van der Waals surface area contributed by atoms with Crippen molar-refractivity contribution in [2.24, 2.45) is 5.92 Å². The first-order valence-corrected chi connectivity index (χ1v) is 7.54. The number of likely N-dealkylation sites (tertiary alicyclic amines) is 1. The van der Waals surface area contributed by atoms with Crippen molar-refractivity contribution in [3.05, 3.63) is 0 Å². The number of carboxylic acids is 1. The van der Waals surface area contributed by atoms with Crippen molar-refractivity contribution in [2.75, 3.05) is 13.1 Å². The average molecular weight is 268 g/mol. The lowest BCUT2D eigenvalue weighted by atomic mass is 9.89. The summed E-state index contributed by atoms with van der Waals surface area (Å²) in [4.78, 5) is 14.3. The van der Waals surface area contributed by atoms with Crippen LogP contribution in [0.15, 0.2) is 0 Å². The molecule has 4 nitrogen and oxygen atoms in total. The van der Waals surface area contributed by atoms with Crippen LogP contribution in [0.5, 0.6) is 0 Å². The highest BCUT2D eigenvalue weighted by Gasteiger charge is 2.53. The molecule has 2 aliphatic rings. The normalized spacial score (nSPS) is 26.6. The molecule has 1 saturated carbocycles. The number of hydrogen-bond acceptors (Lipinski definition) is 3. The number of rotatable bonds is 6. The molecule has 110 valence electrons. The Morgan fingerprint density at radius 3 is 2.47 bits per heavy atom. The first kappa shape index (κ1) is 14.8. The molecule has 1 atom stereocenters. The Morgan fingerprint density at radius 1 is 1.47 bits per heavy atom. The van der Waals surface area contributed by atoms with Gasteiger partial charge >= 0.3 is 5.97 Å². The molecule has 0 aromatic carbocycles. The van der Waals surface area contributed by atoms with Gasteiger partial charge in [0.1, 0.15) is 5.54 Å². The van der Waals surface area contributed by atoms with E-state index in [0.29, 0.717) is 12.5 Å². The third kappa shape index (κ3) is 2.95. The smallest absolute Gasteiger partial charge is 0.325 e. The van der Waals surface area contributed by atoms with E-state index in [1.807, 2.05) is 13.8 Å². The van der Waals surface area contributed by atoms with E-state index in [4.69, 9.17) is 0 Å². The summed E-state index contributed by atoms with van der Waals surface area (Å²) >= 11 is 0. The molecule has 0 amide bonds. The highest BCUT2D eigenvalue weighted by molar-refractivity contribution is 5.80. The van der Waals surface area contributed by atoms with Crippen LogP contribution in [-0.2, 0) is 4.79 Å². The average Bonchev–Trinajstić information content (AvgIpc) is 3.04. The van der Waals surface area contributed by atoms with Crippen LogP contribution in [0.2, 0.25) is 0 Å². The predicted octanol–water partition coefficient (Wildman–Crippen LogP) is 2.09. The Kier molecular flexibility index (Phi) is 3.94. The van der Waals surface area contributed by atoms with Crippen LogP contribution >= 0.6 is 0 Å². The Morgan fingerprint density at radius 2 is 2.11 bits per heavy atom. The molecule has 1 aliphatic carbocycles. The van der Waals surface area contributed by atoms with Crippen LogP contribution in [0.4, 0.5) is 0 Å². The van der Waals surface area contributed by atoms with Gasteiger partial charge in [-0.1, -0.05) is 0 Å². The molecule has 0 aromatic rings. The molecule has 0 aromatic heterocycles. The van der Waals surface area contributed by atoms with E-state index in [-0.39, 0.29) is 11.6 Å². The monoisotopic (exact) mass is 268 g/mol. The quantitative estimate of drug-likeness (QED) is 0.774. The molecule has 0 spiro atoms. The van der Waals surface area contributed by atoms with Gasteiger partial charge in [0.25, 0.3) is 0 Å². The summed E-state index contributed by atoms with van der Waals surface area (Å²) in [6.45, 7) is 10.2. The van der Waals surface area contributed by atoms with Crippen LogP contribution in [0, 0.1) is 5.92 Å². The fraction of sp³-hybridized carbons (Fsp3) is 0.933. The van der Waals surface area contributed by atoms with E-state index in [9.17, 15) is 9.90 Å². The second-order valence-electron chi connectivity index (χ2n) is 7.19. The minimum Gasteiger partial charge on any atom is -0.480 e. The third-order valence-corrected chi connectivity index (χ3v) is 4.72. The van der Waals surface area contributed by atoms with Crippen LogP contribution in [0.25, 0.3) is 0 Å². The molecule has 2 N–H and O–H groups in total. The van der Waals surface area contributed by atoms with Crippen LogP contribution in [0.3, 0.4) is 0 Å². The van der Waals surface area contributed by atoms with Gasteiger partial charge in [-0.2, -0.15) is 0 Å². The van der Waals surface area contributed by atoms with Crippen molar-refractivity contribution < 1.29 is 9.90 Å². The minimum absolute atomic E-state index is 0.133. The van der Waals surface area contributed by atoms with Gasteiger partial charge in [0.15, 0.2) is 0 Å². The molecule has 4 heteroatoms. The van der Waals surface area contributed by atoms with Gasteiger partial charge in [0.05, 0.1) is 0 Å². The van der Waals surface area contributed by atoms with E-state index in [0.717, 1.165) is 25.8 Å². The van der Waals surface area contributed by atoms with Crippen LogP contribution in [-0.4, -0.2) is 46.2 Å². The zero-order chi connectivity index (χ0) is 14.3. The molecule has 19 heavy (non-hydrogen) atoms. The van der Waals surface area contributed by atoms with E-state index >= 15 is 0 Å². The van der Waals surface area contributed by atoms with E-state index in [2.05, 4.69) is 24.1 Å². The van der Waals surface area contributed by atoms with Crippen molar-refractivity contribution in [3.8, 4) is 0 Å².